The Morgan fingerprint density at radius 3 is 2.36 bits per heavy atom. The van der Waals surface area contributed by atoms with Crippen LogP contribution in [0.4, 0.5) is 4.39 Å². The Morgan fingerprint density at radius 1 is 1.14 bits per heavy atom. The highest BCUT2D eigenvalue weighted by atomic mass is 32.2. The predicted molar refractivity (Wildman–Crippen MR) is 105 cm³/mol. The first-order chi connectivity index (χ1) is 13.4. The highest BCUT2D eigenvalue weighted by molar-refractivity contribution is 7.89. The van der Waals surface area contributed by atoms with Gasteiger partial charge in [0.1, 0.15) is 10.7 Å². The average molecular weight is 413 g/mol. The molecule has 0 bridgehead atoms. The molecule has 6 nitrogen and oxygen atoms in total. The predicted octanol–water partition coefficient (Wildman–Crippen LogP) is 0.942. The van der Waals surface area contributed by atoms with Gasteiger partial charge in [0, 0.05) is 6.04 Å². The maximum atomic E-state index is 13.9. The Kier molecular flexibility index (Phi) is 7.06. The zero-order valence-electron chi connectivity index (χ0n) is 16.5. The molecule has 1 saturated heterocycles. The minimum absolute atomic E-state index is 0.0484. The van der Waals surface area contributed by atoms with Gasteiger partial charge in [0.15, 0.2) is 6.04 Å². The Labute approximate surface area is 167 Å². The van der Waals surface area contributed by atoms with Crippen LogP contribution in [0.3, 0.4) is 0 Å². The van der Waals surface area contributed by atoms with Crippen LogP contribution in [0.5, 0.6) is 0 Å². The van der Waals surface area contributed by atoms with Gasteiger partial charge in [-0.2, -0.15) is 4.31 Å². The minimum Gasteiger partial charge on any atom is -0.348 e. The lowest BCUT2D eigenvalue weighted by Gasteiger charge is -2.34. The number of quaternary nitrogens is 1. The molecule has 3 rings (SSSR count). The van der Waals surface area contributed by atoms with Crippen LogP contribution in [0.2, 0.25) is 0 Å². The van der Waals surface area contributed by atoms with Crippen molar-refractivity contribution < 1.29 is 22.5 Å². The van der Waals surface area contributed by atoms with E-state index < -0.39 is 15.8 Å². The number of nitrogens with one attached hydrogen (secondary N) is 2. The average Bonchev–Trinajstić information content (AvgIpc) is 2.96. The number of carbonyl (C=O) groups is 1. The molecule has 0 unspecified atom stereocenters. The van der Waals surface area contributed by atoms with Crippen LogP contribution in [-0.4, -0.2) is 56.9 Å². The van der Waals surface area contributed by atoms with Gasteiger partial charge in [-0.05, 0) is 31.9 Å². The van der Waals surface area contributed by atoms with Gasteiger partial charge in [0.2, 0.25) is 10.0 Å². The molecule has 2 aliphatic rings. The summed E-state index contributed by atoms with van der Waals surface area (Å²) in [6.45, 7) is 3.54. The number of piperazine rings is 1. The maximum absolute atomic E-state index is 13.9. The lowest BCUT2D eigenvalue weighted by molar-refractivity contribution is -0.917. The highest BCUT2D eigenvalue weighted by Gasteiger charge is 2.35. The van der Waals surface area contributed by atoms with E-state index in [0.29, 0.717) is 13.1 Å². The summed E-state index contributed by atoms with van der Waals surface area (Å²) in [4.78, 5) is 13.4. The second-order valence-electron chi connectivity index (χ2n) is 7.91. The van der Waals surface area contributed by atoms with Crippen molar-refractivity contribution in [2.75, 3.05) is 26.2 Å². The van der Waals surface area contributed by atoms with E-state index in [4.69, 9.17) is 0 Å². The molecule has 1 atom stereocenters. The van der Waals surface area contributed by atoms with Crippen molar-refractivity contribution in [2.45, 2.75) is 62.4 Å². The summed E-state index contributed by atoms with van der Waals surface area (Å²) in [7, 11) is -3.84. The second kappa shape index (κ2) is 9.33. The fourth-order valence-electron chi connectivity index (χ4n) is 4.18. The van der Waals surface area contributed by atoms with E-state index in [-0.39, 0.29) is 36.0 Å². The SMILES string of the molecule is C[C@H](C(=O)NC1CCCCCC1)[NH+]1CCN(S(=O)(=O)c2ccccc2F)CC1. The minimum atomic E-state index is -3.84. The van der Waals surface area contributed by atoms with Crippen molar-refractivity contribution in [2.24, 2.45) is 0 Å². The van der Waals surface area contributed by atoms with E-state index in [1.165, 1.54) is 48.2 Å². The third kappa shape index (κ3) is 4.90. The molecule has 1 aliphatic heterocycles. The molecule has 0 aromatic heterocycles. The number of carbonyl (C=O) groups excluding carboxylic acids is 1. The van der Waals surface area contributed by atoms with Crippen molar-refractivity contribution in [1.82, 2.24) is 9.62 Å². The summed E-state index contributed by atoms with van der Waals surface area (Å²) in [6, 6.07) is 5.50. The highest BCUT2D eigenvalue weighted by Crippen LogP contribution is 2.19. The Morgan fingerprint density at radius 2 is 1.75 bits per heavy atom. The molecule has 1 aromatic carbocycles. The van der Waals surface area contributed by atoms with Crippen LogP contribution in [0.15, 0.2) is 29.2 Å². The van der Waals surface area contributed by atoms with Gasteiger partial charge in [-0.15, -0.1) is 0 Å². The van der Waals surface area contributed by atoms with Crippen LogP contribution >= 0.6 is 0 Å². The van der Waals surface area contributed by atoms with E-state index in [1.807, 2.05) is 6.92 Å². The summed E-state index contributed by atoms with van der Waals surface area (Å²) < 4.78 is 40.7. The fraction of sp³-hybridized carbons (Fsp3) is 0.650. The summed E-state index contributed by atoms with van der Waals surface area (Å²) in [5.74, 6) is -0.680. The molecule has 2 fully saturated rings. The molecular formula is C20H31FN3O3S+. The van der Waals surface area contributed by atoms with Crippen molar-refractivity contribution in [3.05, 3.63) is 30.1 Å². The Balaban J connectivity index is 1.55. The van der Waals surface area contributed by atoms with Crippen molar-refractivity contribution in [3.63, 3.8) is 0 Å². The number of hydrogen-bond acceptors (Lipinski definition) is 3. The summed E-state index contributed by atoms with van der Waals surface area (Å²) in [5, 5.41) is 3.19. The number of nitrogens with zero attached hydrogens (tertiary/aromatic N) is 1. The number of hydrogen-bond donors (Lipinski definition) is 2. The van der Waals surface area contributed by atoms with Crippen LogP contribution in [-0.2, 0) is 14.8 Å². The zero-order valence-corrected chi connectivity index (χ0v) is 17.3. The van der Waals surface area contributed by atoms with Gasteiger partial charge >= 0.3 is 0 Å². The third-order valence-electron chi connectivity index (χ3n) is 6.03. The molecule has 1 saturated carbocycles. The van der Waals surface area contributed by atoms with E-state index in [1.54, 1.807) is 0 Å². The summed E-state index contributed by atoms with van der Waals surface area (Å²) in [5.41, 5.74) is 0. The smallest absolute Gasteiger partial charge is 0.278 e. The first-order valence-electron chi connectivity index (χ1n) is 10.3. The number of halogens is 1. The molecule has 1 amide bonds. The normalized spacial score (nSPS) is 21.8. The van der Waals surface area contributed by atoms with Gasteiger partial charge in [-0.3, -0.25) is 4.79 Å². The molecule has 1 aromatic rings. The fourth-order valence-corrected chi connectivity index (χ4v) is 5.68. The lowest BCUT2D eigenvalue weighted by atomic mass is 10.1. The van der Waals surface area contributed by atoms with E-state index >= 15 is 0 Å². The third-order valence-corrected chi connectivity index (χ3v) is 7.96. The van der Waals surface area contributed by atoms with E-state index in [9.17, 15) is 17.6 Å². The van der Waals surface area contributed by atoms with Crippen molar-refractivity contribution in [3.8, 4) is 0 Å². The molecule has 156 valence electrons. The van der Waals surface area contributed by atoms with E-state index in [2.05, 4.69) is 5.32 Å². The number of benzene rings is 1. The van der Waals surface area contributed by atoms with Gasteiger partial charge < -0.3 is 10.2 Å². The second-order valence-corrected chi connectivity index (χ2v) is 9.82. The molecule has 0 spiro atoms. The number of amides is 1. The Bertz CT molecular complexity index is 771. The first-order valence-corrected chi connectivity index (χ1v) is 11.7. The number of rotatable bonds is 5. The first kappa shape index (κ1) is 21.2. The van der Waals surface area contributed by atoms with Crippen LogP contribution in [0.1, 0.15) is 45.4 Å². The standard InChI is InChI=1S/C20H30FN3O3S/c1-16(20(25)22-17-8-4-2-3-5-9-17)23-12-14-24(15-13-23)28(26,27)19-11-7-6-10-18(19)21/h6-7,10-11,16-17H,2-5,8-9,12-15H2,1H3,(H,22,25)/p+1/t16-/m1/s1. The largest absolute Gasteiger partial charge is 0.348 e. The monoisotopic (exact) mass is 412 g/mol. The molecule has 0 radical (unpaired) electrons. The quantitative estimate of drug-likeness (QED) is 0.708. The van der Waals surface area contributed by atoms with Crippen LogP contribution in [0.25, 0.3) is 0 Å². The van der Waals surface area contributed by atoms with Gasteiger partial charge in [0.05, 0.1) is 26.2 Å². The van der Waals surface area contributed by atoms with Crippen LogP contribution < -0.4 is 10.2 Å². The summed E-state index contributed by atoms with van der Waals surface area (Å²) in [6.07, 6.45) is 6.90. The van der Waals surface area contributed by atoms with Gasteiger partial charge in [0.25, 0.3) is 5.91 Å². The molecule has 2 N–H and O–H groups in total. The molecule has 28 heavy (non-hydrogen) atoms. The van der Waals surface area contributed by atoms with Crippen molar-refractivity contribution >= 4 is 15.9 Å². The molecule has 1 heterocycles. The molecule has 8 heteroatoms. The van der Waals surface area contributed by atoms with E-state index in [0.717, 1.165) is 23.8 Å². The summed E-state index contributed by atoms with van der Waals surface area (Å²) >= 11 is 0. The van der Waals surface area contributed by atoms with Gasteiger partial charge in [-0.25, -0.2) is 12.8 Å². The maximum Gasteiger partial charge on any atom is 0.278 e. The topological polar surface area (TPSA) is 70.9 Å². The zero-order chi connectivity index (χ0) is 20.1. The van der Waals surface area contributed by atoms with Crippen molar-refractivity contribution in [1.29, 1.82) is 0 Å². The lowest BCUT2D eigenvalue weighted by Crippen LogP contribution is -3.19. The Hall–Kier alpha value is -1.51. The van der Waals surface area contributed by atoms with Gasteiger partial charge in [-0.1, -0.05) is 37.8 Å². The van der Waals surface area contributed by atoms with Crippen LogP contribution in [0, 0.1) is 5.82 Å². The molecular weight excluding hydrogens is 381 g/mol. The molecule has 1 aliphatic carbocycles. The number of sulfonamides is 1.